The predicted molar refractivity (Wildman–Crippen MR) is 115 cm³/mol. The lowest BCUT2D eigenvalue weighted by Crippen LogP contribution is -2.50. The third kappa shape index (κ3) is 4.89. The number of nitrogens with zero attached hydrogens (tertiary/aromatic N) is 3. The van der Waals surface area contributed by atoms with Gasteiger partial charge in [0.15, 0.2) is 0 Å². The molecule has 3 aliphatic rings. The summed E-state index contributed by atoms with van der Waals surface area (Å²) in [7, 11) is 0. The average molecular weight is 438 g/mol. The molecule has 1 aromatic rings. The molecule has 4 rings (SSSR count). The van der Waals surface area contributed by atoms with Gasteiger partial charge in [-0.05, 0) is 69.8 Å². The van der Waals surface area contributed by atoms with E-state index in [-0.39, 0.29) is 11.8 Å². The quantitative estimate of drug-likeness (QED) is 0.719. The molecular weight excluding hydrogens is 409 g/mol. The fourth-order valence-electron chi connectivity index (χ4n) is 5.00. The molecule has 158 valence electrons. The van der Waals surface area contributed by atoms with Gasteiger partial charge in [0.1, 0.15) is 0 Å². The van der Waals surface area contributed by atoms with E-state index in [1.807, 2.05) is 4.90 Å². The molecule has 0 saturated carbocycles. The Morgan fingerprint density at radius 2 is 1.34 bits per heavy atom. The summed E-state index contributed by atoms with van der Waals surface area (Å²) in [5.74, 6) is 0.587. The highest BCUT2D eigenvalue weighted by atomic mass is 35.5. The van der Waals surface area contributed by atoms with Gasteiger partial charge in [-0.25, -0.2) is 0 Å². The first-order valence-corrected chi connectivity index (χ1v) is 11.5. The van der Waals surface area contributed by atoms with E-state index in [0.717, 1.165) is 77.8 Å². The van der Waals surface area contributed by atoms with Crippen LogP contribution in [0.2, 0.25) is 10.0 Å². The second-order valence-corrected chi connectivity index (χ2v) is 9.40. The monoisotopic (exact) mass is 437 g/mol. The zero-order chi connectivity index (χ0) is 20.4. The van der Waals surface area contributed by atoms with Crippen molar-refractivity contribution >= 4 is 35.0 Å². The van der Waals surface area contributed by atoms with Gasteiger partial charge in [0.25, 0.3) is 5.91 Å². The number of amides is 2. The number of benzene rings is 1. The molecule has 0 aromatic heterocycles. The standard InChI is InChI=1S/C22H29Cl2N3O2/c23-18-13-17(14-19(24)15-18)22(29)27-11-5-20(6-12-27)25-9-3-16(4-10-25)21(28)26-7-1-2-8-26/h13-16,20H,1-12H2. The minimum absolute atomic E-state index is 0.00256. The van der Waals surface area contributed by atoms with E-state index in [2.05, 4.69) is 9.80 Å². The Morgan fingerprint density at radius 3 is 1.93 bits per heavy atom. The van der Waals surface area contributed by atoms with Crippen LogP contribution in [0, 0.1) is 5.92 Å². The van der Waals surface area contributed by atoms with Crippen LogP contribution in [0.4, 0.5) is 0 Å². The van der Waals surface area contributed by atoms with Gasteiger partial charge in [-0.15, -0.1) is 0 Å². The first-order chi connectivity index (χ1) is 14.0. The molecule has 5 nitrogen and oxygen atoms in total. The SMILES string of the molecule is O=C(c1cc(Cl)cc(Cl)c1)N1CCC(N2CCC(C(=O)N3CCCC3)CC2)CC1. The zero-order valence-corrected chi connectivity index (χ0v) is 18.3. The van der Waals surface area contributed by atoms with Gasteiger partial charge in [-0.3, -0.25) is 9.59 Å². The molecular formula is C22H29Cl2N3O2. The van der Waals surface area contributed by atoms with E-state index in [9.17, 15) is 9.59 Å². The molecule has 3 aliphatic heterocycles. The fraction of sp³-hybridized carbons (Fsp3) is 0.636. The molecule has 2 amide bonds. The lowest BCUT2D eigenvalue weighted by molar-refractivity contribution is -0.136. The minimum atomic E-state index is 0.00256. The van der Waals surface area contributed by atoms with Crippen molar-refractivity contribution in [2.24, 2.45) is 5.92 Å². The lowest BCUT2D eigenvalue weighted by Gasteiger charge is -2.42. The Bertz CT molecular complexity index is 730. The first-order valence-electron chi connectivity index (χ1n) is 10.8. The number of carbonyl (C=O) groups is 2. The van der Waals surface area contributed by atoms with Crippen LogP contribution in [0.5, 0.6) is 0 Å². The second-order valence-electron chi connectivity index (χ2n) is 8.52. The van der Waals surface area contributed by atoms with Crippen molar-refractivity contribution in [1.82, 2.24) is 14.7 Å². The summed E-state index contributed by atoms with van der Waals surface area (Å²) >= 11 is 12.1. The molecule has 0 spiro atoms. The maximum Gasteiger partial charge on any atom is 0.253 e. The van der Waals surface area contributed by atoms with Crippen LogP contribution in [0.1, 0.15) is 48.9 Å². The van der Waals surface area contributed by atoms with E-state index in [1.54, 1.807) is 18.2 Å². The van der Waals surface area contributed by atoms with E-state index in [4.69, 9.17) is 23.2 Å². The molecule has 0 aliphatic carbocycles. The number of rotatable bonds is 3. The van der Waals surface area contributed by atoms with Gasteiger partial charge >= 0.3 is 0 Å². The van der Waals surface area contributed by atoms with Crippen molar-refractivity contribution in [2.45, 2.75) is 44.6 Å². The molecule has 0 N–H and O–H groups in total. The molecule has 0 radical (unpaired) electrons. The predicted octanol–water partition coefficient (Wildman–Crippen LogP) is 3.93. The largest absolute Gasteiger partial charge is 0.342 e. The highest BCUT2D eigenvalue weighted by Crippen LogP contribution is 2.27. The van der Waals surface area contributed by atoms with E-state index >= 15 is 0 Å². The molecule has 0 bridgehead atoms. The van der Waals surface area contributed by atoms with Crippen molar-refractivity contribution in [3.8, 4) is 0 Å². The molecule has 3 heterocycles. The van der Waals surface area contributed by atoms with Gasteiger partial charge in [0.2, 0.25) is 5.91 Å². The van der Waals surface area contributed by atoms with Crippen molar-refractivity contribution in [3.05, 3.63) is 33.8 Å². The molecule has 0 atom stereocenters. The van der Waals surface area contributed by atoms with Crippen molar-refractivity contribution in [3.63, 3.8) is 0 Å². The third-order valence-corrected chi connectivity index (χ3v) is 7.11. The maximum atomic E-state index is 12.8. The summed E-state index contributed by atoms with van der Waals surface area (Å²) in [4.78, 5) is 31.9. The summed E-state index contributed by atoms with van der Waals surface area (Å²) in [6.07, 6.45) is 6.20. The van der Waals surface area contributed by atoms with Crippen LogP contribution in [-0.2, 0) is 4.79 Å². The number of halogens is 2. The summed E-state index contributed by atoms with van der Waals surface area (Å²) in [6, 6.07) is 5.52. The number of carbonyl (C=O) groups excluding carboxylic acids is 2. The van der Waals surface area contributed by atoms with Gasteiger partial charge < -0.3 is 14.7 Å². The molecule has 3 fully saturated rings. The van der Waals surface area contributed by atoms with Crippen molar-refractivity contribution < 1.29 is 9.59 Å². The van der Waals surface area contributed by atoms with E-state index in [0.29, 0.717) is 27.6 Å². The Labute approximate surface area is 182 Å². The van der Waals surface area contributed by atoms with Crippen LogP contribution < -0.4 is 0 Å². The van der Waals surface area contributed by atoms with E-state index in [1.165, 1.54) is 0 Å². The molecule has 1 aromatic carbocycles. The summed E-state index contributed by atoms with van der Waals surface area (Å²) in [5.41, 5.74) is 0.558. The van der Waals surface area contributed by atoms with Crippen LogP contribution in [-0.4, -0.2) is 71.8 Å². The normalized spacial score (nSPS) is 22.3. The highest BCUT2D eigenvalue weighted by molar-refractivity contribution is 6.35. The van der Waals surface area contributed by atoms with Gasteiger partial charge in [-0.2, -0.15) is 0 Å². The van der Waals surface area contributed by atoms with Gasteiger partial charge in [-0.1, -0.05) is 23.2 Å². The average Bonchev–Trinajstić information content (AvgIpc) is 3.27. The fourth-order valence-corrected chi connectivity index (χ4v) is 5.53. The minimum Gasteiger partial charge on any atom is -0.342 e. The Kier molecular flexibility index (Phi) is 6.67. The van der Waals surface area contributed by atoms with Gasteiger partial charge in [0.05, 0.1) is 0 Å². The summed E-state index contributed by atoms with van der Waals surface area (Å²) < 4.78 is 0. The molecule has 3 saturated heterocycles. The van der Waals surface area contributed by atoms with Crippen LogP contribution in [0.15, 0.2) is 18.2 Å². The summed E-state index contributed by atoms with van der Waals surface area (Å²) in [5, 5.41) is 0.976. The maximum absolute atomic E-state index is 12.8. The Hall–Kier alpha value is -1.30. The topological polar surface area (TPSA) is 43.9 Å². The van der Waals surface area contributed by atoms with Crippen LogP contribution in [0.25, 0.3) is 0 Å². The Morgan fingerprint density at radius 1 is 0.759 bits per heavy atom. The Balaban J connectivity index is 1.26. The number of hydrogen-bond acceptors (Lipinski definition) is 3. The number of likely N-dealkylation sites (tertiary alicyclic amines) is 3. The molecule has 7 heteroatoms. The smallest absolute Gasteiger partial charge is 0.253 e. The number of piperidine rings is 2. The van der Waals surface area contributed by atoms with Crippen LogP contribution in [0.3, 0.4) is 0 Å². The third-order valence-electron chi connectivity index (χ3n) is 6.67. The second kappa shape index (κ2) is 9.23. The van der Waals surface area contributed by atoms with Crippen molar-refractivity contribution in [1.29, 1.82) is 0 Å². The first kappa shape index (κ1) is 21.0. The lowest BCUT2D eigenvalue weighted by atomic mass is 9.92. The highest BCUT2D eigenvalue weighted by Gasteiger charge is 2.33. The van der Waals surface area contributed by atoms with Crippen molar-refractivity contribution in [2.75, 3.05) is 39.3 Å². The summed E-state index contributed by atoms with van der Waals surface area (Å²) in [6.45, 7) is 5.38. The number of hydrogen-bond donors (Lipinski definition) is 0. The van der Waals surface area contributed by atoms with E-state index < -0.39 is 0 Å². The van der Waals surface area contributed by atoms with Gasteiger partial charge in [0, 0.05) is 53.7 Å². The zero-order valence-electron chi connectivity index (χ0n) is 16.8. The molecule has 0 unspecified atom stereocenters. The van der Waals surface area contributed by atoms with Crippen LogP contribution >= 0.6 is 23.2 Å². The molecule has 29 heavy (non-hydrogen) atoms.